The molecular formula is C20H22F2N2O3. The number of nitrogens with two attached hydrogens (primary N) is 1. The van der Waals surface area contributed by atoms with Gasteiger partial charge in [-0.3, -0.25) is 4.79 Å². The number of hydrogen-bond donors (Lipinski definition) is 2. The maximum Gasteiger partial charge on any atom is 0.405 e. The van der Waals surface area contributed by atoms with Gasteiger partial charge in [-0.2, -0.15) is 0 Å². The lowest BCUT2D eigenvalue weighted by atomic mass is 10.0. The standard InChI is InChI=1S/C20H22F2N2O3/c1-2-3-18(27-20(23)26)19(25)24-11-10-13-4-6-14(7-5-13)15-8-9-16(21)17(22)12-15/h4-9,12,18H,2-3,10-11H2,1H3,(H2,23,26)(H,24,25)/t18-/m0/s1. The minimum absolute atomic E-state index is 0.367. The minimum Gasteiger partial charge on any atom is -0.436 e. The third-order valence-electron chi connectivity index (χ3n) is 4.02. The molecule has 0 saturated heterocycles. The second-order valence-electron chi connectivity index (χ2n) is 6.08. The zero-order valence-electron chi connectivity index (χ0n) is 15.0. The van der Waals surface area contributed by atoms with Gasteiger partial charge in [0, 0.05) is 6.54 Å². The first-order valence-electron chi connectivity index (χ1n) is 8.69. The summed E-state index contributed by atoms with van der Waals surface area (Å²) in [5.74, 6) is -2.15. The van der Waals surface area contributed by atoms with Gasteiger partial charge in [-0.15, -0.1) is 0 Å². The molecule has 0 spiro atoms. The Kier molecular flexibility index (Phi) is 7.28. The average Bonchev–Trinajstić information content (AvgIpc) is 2.64. The van der Waals surface area contributed by atoms with Crippen LogP contribution in [-0.2, 0) is 16.0 Å². The largest absolute Gasteiger partial charge is 0.436 e. The zero-order chi connectivity index (χ0) is 19.8. The molecule has 1 atom stereocenters. The van der Waals surface area contributed by atoms with E-state index in [4.69, 9.17) is 10.5 Å². The highest BCUT2D eigenvalue weighted by Gasteiger charge is 2.20. The van der Waals surface area contributed by atoms with E-state index in [1.165, 1.54) is 6.07 Å². The first-order chi connectivity index (χ1) is 12.9. The number of benzene rings is 2. The summed E-state index contributed by atoms with van der Waals surface area (Å²) in [7, 11) is 0. The quantitative estimate of drug-likeness (QED) is 0.739. The van der Waals surface area contributed by atoms with Gasteiger partial charge in [0.05, 0.1) is 0 Å². The van der Waals surface area contributed by atoms with E-state index >= 15 is 0 Å². The van der Waals surface area contributed by atoms with E-state index in [0.29, 0.717) is 31.4 Å². The number of rotatable bonds is 8. The number of hydrogen-bond acceptors (Lipinski definition) is 3. The molecule has 2 amide bonds. The van der Waals surface area contributed by atoms with Crippen LogP contribution in [0.25, 0.3) is 11.1 Å². The summed E-state index contributed by atoms with van der Waals surface area (Å²) in [6, 6.07) is 11.1. The first-order valence-corrected chi connectivity index (χ1v) is 8.69. The maximum atomic E-state index is 13.3. The summed E-state index contributed by atoms with van der Waals surface area (Å²) in [6.45, 7) is 2.24. The van der Waals surface area contributed by atoms with E-state index in [-0.39, 0.29) is 5.91 Å². The van der Waals surface area contributed by atoms with Crippen LogP contribution in [-0.4, -0.2) is 24.6 Å². The van der Waals surface area contributed by atoms with Gasteiger partial charge in [0.1, 0.15) is 0 Å². The van der Waals surface area contributed by atoms with Crippen molar-refractivity contribution in [3.63, 3.8) is 0 Å². The molecule has 5 nitrogen and oxygen atoms in total. The van der Waals surface area contributed by atoms with E-state index in [2.05, 4.69) is 5.32 Å². The number of amides is 2. The summed E-state index contributed by atoms with van der Waals surface area (Å²) in [5, 5.41) is 2.72. The summed E-state index contributed by atoms with van der Waals surface area (Å²) in [5.41, 5.74) is 7.28. The van der Waals surface area contributed by atoms with Crippen LogP contribution in [0.15, 0.2) is 42.5 Å². The molecule has 0 heterocycles. The molecule has 0 aliphatic heterocycles. The van der Waals surface area contributed by atoms with Crippen molar-refractivity contribution < 1.29 is 23.1 Å². The van der Waals surface area contributed by atoms with Gasteiger partial charge in [0.25, 0.3) is 5.91 Å². The SMILES string of the molecule is CCC[C@H](OC(N)=O)C(=O)NCCc1ccc(-c2ccc(F)c(F)c2)cc1. The average molecular weight is 376 g/mol. The van der Waals surface area contributed by atoms with E-state index in [1.807, 2.05) is 19.1 Å². The van der Waals surface area contributed by atoms with Crippen molar-refractivity contribution in [2.45, 2.75) is 32.3 Å². The molecule has 0 fully saturated rings. The topological polar surface area (TPSA) is 81.4 Å². The lowest BCUT2D eigenvalue weighted by Crippen LogP contribution is -2.39. The number of primary amides is 1. The molecule has 0 aliphatic rings. The summed E-state index contributed by atoms with van der Waals surface area (Å²) in [4.78, 5) is 22.9. The van der Waals surface area contributed by atoms with Gasteiger partial charge in [0.15, 0.2) is 17.7 Å². The Bertz CT molecular complexity index is 794. The molecule has 7 heteroatoms. The smallest absolute Gasteiger partial charge is 0.405 e. The van der Waals surface area contributed by atoms with Crippen molar-refractivity contribution in [2.75, 3.05) is 6.54 Å². The molecule has 2 aromatic carbocycles. The van der Waals surface area contributed by atoms with Crippen LogP contribution >= 0.6 is 0 Å². The summed E-state index contributed by atoms with van der Waals surface area (Å²) < 4.78 is 31.2. The van der Waals surface area contributed by atoms with Crippen molar-refractivity contribution in [1.82, 2.24) is 5.32 Å². The van der Waals surface area contributed by atoms with Gasteiger partial charge >= 0.3 is 6.09 Å². The second-order valence-corrected chi connectivity index (χ2v) is 6.08. The molecule has 0 aliphatic carbocycles. The van der Waals surface area contributed by atoms with Crippen LogP contribution < -0.4 is 11.1 Å². The van der Waals surface area contributed by atoms with Gasteiger partial charge < -0.3 is 15.8 Å². The Morgan fingerprint density at radius 2 is 1.74 bits per heavy atom. The Morgan fingerprint density at radius 3 is 2.33 bits per heavy atom. The van der Waals surface area contributed by atoms with Gasteiger partial charge in [-0.05, 0) is 41.7 Å². The van der Waals surface area contributed by atoms with Crippen LogP contribution in [0, 0.1) is 11.6 Å². The summed E-state index contributed by atoms with van der Waals surface area (Å²) in [6.07, 6.45) is -0.215. The minimum atomic E-state index is -0.976. The maximum absolute atomic E-state index is 13.3. The van der Waals surface area contributed by atoms with Gasteiger partial charge in [-0.25, -0.2) is 13.6 Å². The monoisotopic (exact) mass is 376 g/mol. The van der Waals surface area contributed by atoms with Crippen LogP contribution in [0.3, 0.4) is 0 Å². The molecule has 3 N–H and O–H groups in total. The molecule has 0 bridgehead atoms. The third kappa shape index (κ3) is 6.06. The molecule has 0 radical (unpaired) electrons. The molecular weight excluding hydrogens is 354 g/mol. The molecule has 0 aromatic heterocycles. The number of carbonyl (C=O) groups is 2. The Labute approximate surface area is 156 Å². The van der Waals surface area contributed by atoms with Crippen molar-refractivity contribution in [2.24, 2.45) is 5.73 Å². The van der Waals surface area contributed by atoms with Crippen LogP contribution in [0.2, 0.25) is 0 Å². The normalized spacial score (nSPS) is 11.7. The van der Waals surface area contributed by atoms with Gasteiger partial charge in [-0.1, -0.05) is 43.7 Å². The van der Waals surface area contributed by atoms with Crippen LogP contribution in [0.4, 0.5) is 13.6 Å². The fourth-order valence-corrected chi connectivity index (χ4v) is 2.63. The highest BCUT2D eigenvalue weighted by Crippen LogP contribution is 2.22. The van der Waals surface area contributed by atoms with Crippen molar-refractivity contribution in [1.29, 1.82) is 0 Å². The predicted molar refractivity (Wildman–Crippen MR) is 97.9 cm³/mol. The molecule has 27 heavy (non-hydrogen) atoms. The second kappa shape index (κ2) is 9.66. The van der Waals surface area contributed by atoms with Crippen molar-refractivity contribution in [3.05, 3.63) is 59.7 Å². The summed E-state index contributed by atoms with van der Waals surface area (Å²) >= 11 is 0. The molecule has 144 valence electrons. The van der Waals surface area contributed by atoms with Crippen molar-refractivity contribution >= 4 is 12.0 Å². The number of carbonyl (C=O) groups excluding carboxylic acids is 2. The Hall–Kier alpha value is -2.96. The number of ether oxygens (including phenoxy) is 1. The number of halogens is 2. The van der Waals surface area contributed by atoms with E-state index in [0.717, 1.165) is 23.3 Å². The Balaban J connectivity index is 1.90. The predicted octanol–water partition coefficient (Wildman–Crippen LogP) is 3.55. The zero-order valence-corrected chi connectivity index (χ0v) is 15.0. The van der Waals surface area contributed by atoms with Crippen molar-refractivity contribution in [3.8, 4) is 11.1 Å². The van der Waals surface area contributed by atoms with Gasteiger partial charge in [0.2, 0.25) is 0 Å². The van der Waals surface area contributed by atoms with E-state index in [9.17, 15) is 18.4 Å². The van der Waals surface area contributed by atoms with E-state index < -0.39 is 23.8 Å². The van der Waals surface area contributed by atoms with Crippen LogP contribution in [0.1, 0.15) is 25.3 Å². The highest BCUT2D eigenvalue weighted by atomic mass is 19.2. The molecule has 0 unspecified atom stereocenters. The Morgan fingerprint density at radius 1 is 1.07 bits per heavy atom. The first kappa shape index (κ1) is 20.4. The highest BCUT2D eigenvalue weighted by molar-refractivity contribution is 5.83. The number of nitrogens with one attached hydrogen (secondary N) is 1. The van der Waals surface area contributed by atoms with E-state index in [1.54, 1.807) is 12.1 Å². The lowest BCUT2D eigenvalue weighted by Gasteiger charge is -2.15. The van der Waals surface area contributed by atoms with Crippen LogP contribution in [0.5, 0.6) is 0 Å². The molecule has 2 rings (SSSR count). The fraction of sp³-hybridized carbons (Fsp3) is 0.300. The molecule has 0 saturated carbocycles. The fourth-order valence-electron chi connectivity index (χ4n) is 2.63. The molecule has 2 aromatic rings. The third-order valence-corrected chi connectivity index (χ3v) is 4.02. The lowest BCUT2D eigenvalue weighted by molar-refractivity contribution is -0.129.